The molecule has 2 unspecified atom stereocenters. The van der Waals surface area contributed by atoms with E-state index in [4.69, 9.17) is 0 Å². The van der Waals surface area contributed by atoms with Crippen molar-refractivity contribution in [3.8, 4) is 0 Å². The maximum atomic E-state index is 4.40. The van der Waals surface area contributed by atoms with Gasteiger partial charge in [-0.2, -0.15) is 5.10 Å². The minimum absolute atomic E-state index is 0.285. The van der Waals surface area contributed by atoms with Crippen molar-refractivity contribution in [3.05, 3.63) is 34.0 Å². The van der Waals surface area contributed by atoms with Crippen LogP contribution in [0.4, 0.5) is 0 Å². The molecule has 98 valence electrons. The molecule has 0 aliphatic rings. The standard InChI is InChI=1S/C13H20N4S/c1-5-12(13-14-6-7-18-13)15-9(2)11-8-17(4)16-10(11)3/h6-9,12,15H,5H2,1-4H3. The Morgan fingerprint density at radius 2 is 2.28 bits per heavy atom. The third-order valence-electron chi connectivity index (χ3n) is 3.13. The van der Waals surface area contributed by atoms with Gasteiger partial charge in [-0.1, -0.05) is 6.92 Å². The average Bonchev–Trinajstić information content (AvgIpc) is 2.95. The predicted molar refractivity (Wildman–Crippen MR) is 74.6 cm³/mol. The molecule has 2 rings (SSSR count). The molecule has 0 saturated heterocycles. The zero-order valence-corrected chi connectivity index (χ0v) is 12.2. The highest BCUT2D eigenvalue weighted by atomic mass is 32.1. The molecule has 2 aromatic rings. The third-order valence-corrected chi connectivity index (χ3v) is 4.02. The van der Waals surface area contributed by atoms with Crippen LogP contribution in [0.5, 0.6) is 0 Å². The van der Waals surface area contributed by atoms with Crippen LogP contribution >= 0.6 is 11.3 Å². The van der Waals surface area contributed by atoms with Crippen LogP contribution in [-0.4, -0.2) is 14.8 Å². The van der Waals surface area contributed by atoms with Crippen molar-refractivity contribution in [2.24, 2.45) is 7.05 Å². The van der Waals surface area contributed by atoms with Crippen molar-refractivity contribution in [2.75, 3.05) is 0 Å². The Kier molecular flexibility index (Phi) is 4.14. The lowest BCUT2D eigenvalue weighted by molar-refractivity contribution is 0.454. The molecular weight excluding hydrogens is 244 g/mol. The highest BCUT2D eigenvalue weighted by Crippen LogP contribution is 2.24. The average molecular weight is 264 g/mol. The van der Waals surface area contributed by atoms with Crippen molar-refractivity contribution < 1.29 is 0 Å². The fourth-order valence-electron chi connectivity index (χ4n) is 2.20. The number of aromatic nitrogens is 3. The molecule has 4 nitrogen and oxygen atoms in total. The molecule has 5 heteroatoms. The summed E-state index contributed by atoms with van der Waals surface area (Å²) >= 11 is 1.71. The number of aryl methyl sites for hydroxylation is 2. The summed E-state index contributed by atoms with van der Waals surface area (Å²) in [5.41, 5.74) is 2.35. The van der Waals surface area contributed by atoms with Crippen LogP contribution in [0.25, 0.3) is 0 Å². The second kappa shape index (κ2) is 5.63. The molecule has 2 aromatic heterocycles. The molecule has 0 saturated carbocycles. The smallest absolute Gasteiger partial charge is 0.109 e. The Balaban J connectivity index is 2.10. The minimum Gasteiger partial charge on any atom is -0.301 e. The largest absolute Gasteiger partial charge is 0.301 e. The van der Waals surface area contributed by atoms with Crippen LogP contribution in [0.1, 0.15) is 48.6 Å². The maximum Gasteiger partial charge on any atom is 0.109 e. The number of hydrogen-bond acceptors (Lipinski definition) is 4. The van der Waals surface area contributed by atoms with Gasteiger partial charge in [-0.3, -0.25) is 4.68 Å². The second-order valence-electron chi connectivity index (χ2n) is 4.56. The summed E-state index contributed by atoms with van der Waals surface area (Å²) in [6.45, 7) is 6.42. The van der Waals surface area contributed by atoms with E-state index in [0.717, 1.165) is 17.1 Å². The number of nitrogens with zero attached hydrogens (tertiary/aromatic N) is 3. The van der Waals surface area contributed by atoms with E-state index >= 15 is 0 Å². The van der Waals surface area contributed by atoms with Gasteiger partial charge >= 0.3 is 0 Å². The van der Waals surface area contributed by atoms with Gasteiger partial charge < -0.3 is 5.32 Å². The summed E-state index contributed by atoms with van der Waals surface area (Å²) in [5, 5.41) is 11.2. The summed E-state index contributed by atoms with van der Waals surface area (Å²) < 4.78 is 1.87. The lowest BCUT2D eigenvalue weighted by Crippen LogP contribution is -2.24. The summed E-state index contributed by atoms with van der Waals surface area (Å²) in [6, 6.07) is 0.604. The van der Waals surface area contributed by atoms with Crippen LogP contribution < -0.4 is 5.32 Å². The first kappa shape index (κ1) is 13.2. The van der Waals surface area contributed by atoms with E-state index in [1.54, 1.807) is 11.3 Å². The molecule has 1 N–H and O–H groups in total. The first-order valence-corrected chi connectivity index (χ1v) is 7.15. The third kappa shape index (κ3) is 2.79. The molecule has 0 radical (unpaired) electrons. The van der Waals surface area contributed by atoms with Gasteiger partial charge in [0.2, 0.25) is 0 Å². The van der Waals surface area contributed by atoms with Crippen LogP contribution in [0, 0.1) is 6.92 Å². The van der Waals surface area contributed by atoms with E-state index in [9.17, 15) is 0 Å². The monoisotopic (exact) mass is 264 g/mol. The molecule has 0 aliphatic carbocycles. The van der Waals surface area contributed by atoms with Crippen LogP contribution in [-0.2, 0) is 7.05 Å². The van der Waals surface area contributed by atoms with Gasteiger partial charge in [0.1, 0.15) is 5.01 Å². The topological polar surface area (TPSA) is 42.7 Å². The number of nitrogens with one attached hydrogen (secondary N) is 1. The van der Waals surface area contributed by atoms with Gasteiger partial charge in [0, 0.05) is 36.4 Å². The lowest BCUT2D eigenvalue weighted by Gasteiger charge is -2.20. The van der Waals surface area contributed by atoms with Crippen molar-refractivity contribution in [1.29, 1.82) is 0 Å². The van der Waals surface area contributed by atoms with E-state index in [0.29, 0.717) is 6.04 Å². The molecule has 18 heavy (non-hydrogen) atoms. The lowest BCUT2D eigenvalue weighted by atomic mass is 10.1. The van der Waals surface area contributed by atoms with Gasteiger partial charge in [-0.05, 0) is 20.3 Å². The van der Waals surface area contributed by atoms with Crippen molar-refractivity contribution in [1.82, 2.24) is 20.1 Å². The number of thiazole rings is 1. The molecule has 2 heterocycles. The zero-order valence-electron chi connectivity index (χ0n) is 11.3. The highest BCUT2D eigenvalue weighted by molar-refractivity contribution is 7.09. The normalized spacial score (nSPS) is 14.7. The van der Waals surface area contributed by atoms with Gasteiger partial charge in [0.15, 0.2) is 0 Å². The van der Waals surface area contributed by atoms with Crippen molar-refractivity contribution in [3.63, 3.8) is 0 Å². The Labute approximate surface area is 112 Å². The van der Waals surface area contributed by atoms with E-state index in [2.05, 4.69) is 42.4 Å². The minimum atomic E-state index is 0.285. The van der Waals surface area contributed by atoms with Crippen LogP contribution in [0.3, 0.4) is 0 Å². The Morgan fingerprint density at radius 3 is 2.78 bits per heavy atom. The molecular formula is C13H20N4S. The maximum absolute atomic E-state index is 4.40. The van der Waals surface area contributed by atoms with E-state index in [1.807, 2.05) is 23.3 Å². The molecule has 0 aliphatic heterocycles. The van der Waals surface area contributed by atoms with Crippen LogP contribution in [0.2, 0.25) is 0 Å². The van der Waals surface area contributed by atoms with Crippen molar-refractivity contribution >= 4 is 11.3 Å². The Hall–Kier alpha value is -1.20. The predicted octanol–water partition coefficient (Wildman–Crippen LogP) is 2.99. The van der Waals surface area contributed by atoms with E-state index < -0.39 is 0 Å². The molecule has 0 amide bonds. The molecule has 2 atom stereocenters. The Bertz CT molecular complexity index is 489. The molecule has 0 bridgehead atoms. The summed E-state index contributed by atoms with van der Waals surface area (Å²) in [4.78, 5) is 4.40. The number of rotatable bonds is 5. The molecule has 0 fully saturated rings. The first-order valence-electron chi connectivity index (χ1n) is 6.27. The van der Waals surface area contributed by atoms with E-state index in [1.165, 1.54) is 5.56 Å². The SMILES string of the molecule is CCC(NC(C)c1cn(C)nc1C)c1nccs1. The number of hydrogen-bond donors (Lipinski definition) is 1. The van der Waals surface area contributed by atoms with Gasteiger partial charge in [0.05, 0.1) is 11.7 Å². The quantitative estimate of drug-likeness (QED) is 0.902. The second-order valence-corrected chi connectivity index (χ2v) is 5.49. The highest BCUT2D eigenvalue weighted by Gasteiger charge is 2.18. The van der Waals surface area contributed by atoms with Gasteiger partial charge in [-0.25, -0.2) is 4.98 Å². The van der Waals surface area contributed by atoms with Gasteiger partial charge in [-0.15, -0.1) is 11.3 Å². The molecule has 0 spiro atoms. The first-order chi connectivity index (χ1) is 8.61. The Morgan fingerprint density at radius 1 is 1.50 bits per heavy atom. The molecule has 0 aromatic carbocycles. The van der Waals surface area contributed by atoms with Crippen LogP contribution in [0.15, 0.2) is 17.8 Å². The fourth-order valence-corrected chi connectivity index (χ4v) is 2.99. The fraction of sp³-hybridized carbons (Fsp3) is 0.538. The van der Waals surface area contributed by atoms with Crippen molar-refractivity contribution in [2.45, 2.75) is 39.3 Å². The summed E-state index contributed by atoms with van der Waals surface area (Å²) in [6.07, 6.45) is 4.99. The summed E-state index contributed by atoms with van der Waals surface area (Å²) in [5.74, 6) is 0. The van der Waals surface area contributed by atoms with E-state index in [-0.39, 0.29) is 6.04 Å². The summed E-state index contributed by atoms with van der Waals surface area (Å²) in [7, 11) is 1.96. The zero-order chi connectivity index (χ0) is 13.1. The van der Waals surface area contributed by atoms with Gasteiger partial charge in [0.25, 0.3) is 0 Å².